The maximum atomic E-state index is 11.1. The number of halogens is 2. The van der Waals surface area contributed by atoms with Crippen LogP contribution in [0.5, 0.6) is 23.0 Å². The van der Waals surface area contributed by atoms with Gasteiger partial charge in [0.2, 0.25) is 0 Å². The largest absolute Gasteiger partial charge is 0.493 e. The third kappa shape index (κ3) is 11.7. The van der Waals surface area contributed by atoms with Gasteiger partial charge in [-0.2, -0.15) is 16.8 Å². The van der Waals surface area contributed by atoms with Crippen molar-refractivity contribution in [1.82, 2.24) is 5.32 Å². The van der Waals surface area contributed by atoms with E-state index in [0.717, 1.165) is 51.8 Å². The summed E-state index contributed by atoms with van der Waals surface area (Å²) in [4.78, 5) is 0. The number of unbranched alkanes of at least 4 members (excludes halogenated alkanes) is 1. The minimum absolute atomic E-state index is 0.0712. The maximum Gasteiger partial charge on any atom is 0.266 e. The first-order chi connectivity index (χ1) is 26.2. The van der Waals surface area contributed by atoms with Crippen LogP contribution in [0.3, 0.4) is 0 Å². The van der Waals surface area contributed by atoms with E-state index in [1.807, 2.05) is 32.0 Å². The van der Waals surface area contributed by atoms with Crippen molar-refractivity contribution in [2.24, 2.45) is 0 Å². The molecule has 0 saturated carbocycles. The summed E-state index contributed by atoms with van der Waals surface area (Å²) in [6.45, 7) is 7.31. The highest BCUT2D eigenvalue weighted by atomic mass is 35.5. The van der Waals surface area contributed by atoms with Crippen molar-refractivity contribution in [2.75, 3.05) is 31.3 Å². The van der Waals surface area contributed by atoms with Crippen molar-refractivity contribution in [3.05, 3.63) is 104 Å². The quantitative estimate of drug-likeness (QED) is 0.0579. The number of ether oxygens (including phenoxy) is 4. The smallest absolute Gasteiger partial charge is 0.266 e. The van der Waals surface area contributed by atoms with Crippen LogP contribution in [0.2, 0.25) is 10.0 Å². The molecular formula is C40H47Cl2NO10S2. The molecule has 1 atom stereocenters. The molecule has 0 unspecified atom stereocenters. The van der Waals surface area contributed by atoms with Gasteiger partial charge in [-0.1, -0.05) is 59.6 Å². The molecule has 5 rings (SSSR count). The predicted octanol–water partition coefficient (Wildman–Crippen LogP) is 8.60. The summed E-state index contributed by atoms with van der Waals surface area (Å²) in [6.07, 6.45) is 2.72. The van der Waals surface area contributed by atoms with Gasteiger partial charge in [0.15, 0.2) is 0 Å². The Morgan fingerprint density at radius 2 is 1.38 bits per heavy atom. The molecular weight excluding hydrogens is 789 g/mol. The first kappa shape index (κ1) is 42.6. The van der Waals surface area contributed by atoms with Gasteiger partial charge >= 0.3 is 0 Å². The molecule has 0 amide bonds. The second-order valence-electron chi connectivity index (χ2n) is 13.2. The SMILES string of the molecule is CCOc1cc(OCc2cccc(-c3cccc4c3CC[C@@H]4Oc3cc(OCC)c(CNCCS(=O)(=O)O)cc3Cl)c2C)c(Cl)cc1CCCCS(=O)(=O)O. The summed E-state index contributed by atoms with van der Waals surface area (Å²) in [7, 11) is -8.08. The third-order valence-electron chi connectivity index (χ3n) is 9.38. The average Bonchev–Trinajstić information content (AvgIpc) is 3.53. The topological polar surface area (TPSA) is 158 Å². The highest BCUT2D eigenvalue weighted by Gasteiger charge is 2.28. The summed E-state index contributed by atoms with van der Waals surface area (Å²) in [5, 5.41) is 3.83. The van der Waals surface area contributed by atoms with E-state index >= 15 is 0 Å². The van der Waals surface area contributed by atoms with Gasteiger partial charge in [0.1, 0.15) is 35.7 Å². The highest BCUT2D eigenvalue weighted by Crippen LogP contribution is 2.44. The lowest BCUT2D eigenvalue weighted by molar-refractivity contribution is 0.206. The van der Waals surface area contributed by atoms with Crippen LogP contribution in [-0.4, -0.2) is 57.2 Å². The van der Waals surface area contributed by atoms with Crippen LogP contribution in [0, 0.1) is 6.92 Å². The number of hydrogen-bond donors (Lipinski definition) is 3. The van der Waals surface area contributed by atoms with Gasteiger partial charge in [-0.25, -0.2) is 0 Å². The van der Waals surface area contributed by atoms with Gasteiger partial charge < -0.3 is 24.3 Å². The molecule has 0 radical (unpaired) electrons. The molecule has 4 aromatic rings. The first-order valence-electron chi connectivity index (χ1n) is 18.2. The molecule has 1 aliphatic rings. The Bertz CT molecular complexity index is 2200. The van der Waals surface area contributed by atoms with Gasteiger partial charge in [0, 0.05) is 30.8 Å². The zero-order valence-electron chi connectivity index (χ0n) is 31.1. The molecule has 0 heterocycles. The van der Waals surface area contributed by atoms with E-state index in [1.165, 1.54) is 5.56 Å². The first-order valence-corrected chi connectivity index (χ1v) is 22.2. The fourth-order valence-corrected chi connectivity index (χ4v) is 8.16. The molecule has 0 aliphatic heterocycles. The molecule has 15 heteroatoms. The number of hydrogen-bond acceptors (Lipinski definition) is 9. The van der Waals surface area contributed by atoms with Crippen LogP contribution in [0.4, 0.5) is 0 Å². The minimum atomic E-state index is -4.07. The van der Waals surface area contributed by atoms with Crippen LogP contribution in [0.25, 0.3) is 11.1 Å². The monoisotopic (exact) mass is 835 g/mol. The fourth-order valence-electron chi connectivity index (χ4n) is 6.72. The Morgan fingerprint density at radius 1 is 0.745 bits per heavy atom. The number of benzene rings is 4. The van der Waals surface area contributed by atoms with Crippen molar-refractivity contribution in [1.29, 1.82) is 0 Å². The predicted molar refractivity (Wildman–Crippen MR) is 215 cm³/mol. The molecule has 0 aromatic heterocycles. The second kappa shape index (κ2) is 19.1. The zero-order valence-corrected chi connectivity index (χ0v) is 34.2. The van der Waals surface area contributed by atoms with Crippen molar-refractivity contribution < 1.29 is 44.9 Å². The van der Waals surface area contributed by atoms with Crippen LogP contribution in [-0.2, 0) is 46.2 Å². The van der Waals surface area contributed by atoms with Gasteiger partial charge in [0.25, 0.3) is 20.2 Å². The zero-order chi connectivity index (χ0) is 39.8. The van der Waals surface area contributed by atoms with Gasteiger partial charge in [-0.05, 0) is 104 Å². The molecule has 11 nitrogen and oxygen atoms in total. The molecule has 0 fully saturated rings. The number of rotatable bonds is 20. The Labute approximate surface area is 333 Å². The lowest BCUT2D eigenvalue weighted by Gasteiger charge is -2.20. The summed E-state index contributed by atoms with van der Waals surface area (Å²) in [5.74, 6) is 1.46. The molecule has 4 aromatic carbocycles. The van der Waals surface area contributed by atoms with Crippen molar-refractivity contribution in [2.45, 2.75) is 72.1 Å². The van der Waals surface area contributed by atoms with Crippen LogP contribution in [0.1, 0.15) is 72.6 Å². The molecule has 0 saturated heterocycles. The molecule has 3 N–H and O–H groups in total. The lowest BCUT2D eigenvalue weighted by Crippen LogP contribution is -2.22. The lowest BCUT2D eigenvalue weighted by atomic mass is 9.91. The third-order valence-corrected chi connectivity index (χ3v) is 11.5. The van der Waals surface area contributed by atoms with Crippen molar-refractivity contribution in [3.8, 4) is 34.1 Å². The Morgan fingerprint density at radius 3 is 2.09 bits per heavy atom. The summed E-state index contributed by atoms with van der Waals surface area (Å²) < 4.78 is 87.0. The summed E-state index contributed by atoms with van der Waals surface area (Å²) >= 11 is 13.4. The normalized spacial score (nSPS) is 14.1. The van der Waals surface area contributed by atoms with Crippen molar-refractivity contribution in [3.63, 3.8) is 0 Å². The molecule has 55 heavy (non-hydrogen) atoms. The summed E-state index contributed by atoms with van der Waals surface area (Å²) in [5.41, 5.74) is 8.12. The van der Waals surface area contributed by atoms with E-state index < -0.39 is 26.0 Å². The van der Waals surface area contributed by atoms with E-state index in [4.69, 9.17) is 51.3 Å². The number of nitrogens with one attached hydrogen (secondary N) is 1. The van der Waals surface area contributed by atoms with E-state index in [2.05, 4.69) is 30.4 Å². The van der Waals surface area contributed by atoms with Gasteiger partial charge in [0.05, 0.1) is 34.8 Å². The molecule has 298 valence electrons. The molecule has 0 spiro atoms. The average molecular weight is 837 g/mol. The Balaban J connectivity index is 1.31. The van der Waals surface area contributed by atoms with E-state index in [0.29, 0.717) is 72.1 Å². The number of fused-ring (bicyclic) bond motifs is 1. The minimum Gasteiger partial charge on any atom is -0.493 e. The molecule has 1 aliphatic carbocycles. The van der Waals surface area contributed by atoms with E-state index in [1.54, 1.807) is 24.3 Å². The Hall–Kier alpha value is -3.56. The highest BCUT2D eigenvalue weighted by molar-refractivity contribution is 7.86. The standard InChI is InChI=1S/C40H47Cl2NO10S2/c1-4-50-37-22-39(34(41)20-27(37)10-6-7-18-54(44,45)46)52-25-28-11-8-12-30(26(28)3)31-13-9-14-33-32(31)15-16-36(33)53-40-23-38(51-5-2)29(21-35(40)42)24-43-17-19-55(47,48)49/h8-9,11-14,20-23,36,43H,4-7,10,15-19,24-25H2,1-3H3,(H,44,45,46)(H,47,48,49)/t36-/m0/s1. The summed E-state index contributed by atoms with van der Waals surface area (Å²) in [6, 6.07) is 19.5. The van der Waals surface area contributed by atoms with Crippen molar-refractivity contribution >= 4 is 43.4 Å². The maximum absolute atomic E-state index is 11.1. The van der Waals surface area contributed by atoms with Crippen LogP contribution < -0.4 is 24.3 Å². The van der Waals surface area contributed by atoms with E-state index in [9.17, 15) is 16.8 Å². The second-order valence-corrected chi connectivity index (χ2v) is 17.2. The number of aryl methyl sites for hydroxylation is 1. The van der Waals surface area contributed by atoms with E-state index in [-0.39, 0.29) is 25.0 Å². The van der Waals surface area contributed by atoms with Crippen LogP contribution >= 0.6 is 23.2 Å². The molecule has 0 bridgehead atoms. The van der Waals surface area contributed by atoms with Gasteiger partial charge in [-0.15, -0.1) is 0 Å². The Kier molecular flexibility index (Phi) is 14.8. The van der Waals surface area contributed by atoms with Crippen LogP contribution in [0.15, 0.2) is 60.7 Å². The van der Waals surface area contributed by atoms with Gasteiger partial charge in [-0.3, -0.25) is 9.11 Å². The fraction of sp³-hybridized carbons (Fsp3) is 0.400.